The molecule has 1 atom stereocenters. The lowest BCUT2D eigenvalue weighted by Crippen LogP contribution is -2.21. The van der Waals surface area contributed by atoms with E-state index in [1.807, 2.05) is 62.4 Å². The van der Waals surface area contributed by atoms with Gasteiger partial charge in [-0.3, -0.25) is 4.79 Å². The van der Waals surface area contributed by atoms with Crippen LogP contribution in [0.25, 0.3) is 0 Å². The van der Waals surface area contributed by atoms with Gasteiger partial charge < -0.3 is 9.47 Å². The molecule has 0 N–H and O–H groups in total. The van der Waals surface area contributed by atoms with Gasteiger partial charge in [-0.05, 0) is 31.0 Å². The number of carbonyl (C=O) groups is 1. The van der Waals surface area contributed by atoms with Crippen LogP contribution >= 0.6 is 0 Å². The Morgan fingerprint density at radius 3 is 2.33 bits per heavy atom. The molecule has 3 heteroatoms. The van der Waals surface area contributed by atoms with Crippen molar-refractivity contribution in [3.05, 3.63) is 65.2 Å². The van der Waals surface area contributed by atoms with Gasteiger partial charge in [0.15, 0.2) is 0 Å². The van der Waals surface area contributed by atoms with Crippen LogP contribution in [0.1, 0.15) is 22.6 Å². The quantitative estimate of drug-likeness (QED) is 0.786. The Hall–Kier alpha value is -2.29. The van der Waals surface area contributed by atoms with Crippen molar-refractivity contribution in [2.75, 3.05) is 13.7 Å². The number of benzene rings is 2. The smallest absolute Gasteiger partial charge is 0.316 e. The Kier molecular flexibility index (Phi) is 4.99. The van der Waals surface area contributed by atoms with Crippen LogP contribution in [-0.4, -0.2) is 19.7 Å². The Labute approximate surface area is 125 Å². The highest BCUT2D eigenvalue weighted by Gasteiger charge is 2.22. The van der Waals surface area contributed by atoms with Gasteiger partial charge in [-0.1, -0.05) is 48.0 Å². The first kappa shape index (κ1) is 15.1. The average Bonchev–Trinajstić information content (AvgIpc) is 2.50. The second kappa shape index (κ2) is 6.93. The molecular weight excluding hydrogens is 264 g/mol. The van der Waals surface area contributed by atoms with Crippen molar-refractivity contribution >= 4 is 5.97 Å². The fraction of sp³-hybridized carbons (Fsp3) is 0.278. The molecule has 21 heavy (non-hydrogen) atoms. The van der Waals surface area contributed by atoms with Crippen LogP contribution in [0.2, 0.25) is 0 Å². The molecule has 0 aromatic heterocycles. The predicted molar refractivity (Wildman–Crippen MR) is 82.6 cm³/mol. The standard InChI is InChI=1S/C18H20O3/c1-13-8-10-15(11-9-13)16(18(19)20-3)12-21-17-7-5-4-6-14(17)2/h4-11,16H,12H2,1-3H3. The number of carbonyl (C=O) groups excluding carboxylic acids is 1. The van der Waals surface area contributed by atoms with Gasteiger partial charge in [0.05, 0.1) is 7.11 Å². The van der Waals surface area contributed by atoms with E-state index in [4.69, 9.17) is 9.47 Å². The van der Waals surface area contributed by atoms with Crippen LogP contribution in [0.15, 0.2) is 48.5 Å². The summed E-state index contributed by atoms with van der Waals surface area (Å²) in [6.07, 6.45) is 0. The molecule has 0 spiro atoms. The Morgan fingerprint density at radius 1 is 1.05 bits per heavy atom. The summed E-state index contributed by atoms with van der Waals surface area (Å²) in [5, 5.41) is 0. The van der Waals surface area contributed by atoms with E-state index in [1.54, 1.807) is 0 Å². The highest BCUT2D eigenvalue weighted by Crippen LogP contribution is 2.22. The van der Waals surface area contributed by atoms with Gasteiger partial charge in [0.2, 0.25) is 0 Å². The molecule has 0 bridgehead atoms. The third kappa shape index (κ3) is 3.85. The minimum Gasteiger partial charge on any atom is -0.492 e. The van der Waals surface area contributed by atoms with E-state index in [1.165, 1.54) is 7.11 Å². The fourth-order valence-corrected chi connectivity index (χ4v) is 2.13. The number of esters is 1. The molecule has 110 valence electrons. The minimum absolute atomic E-state index is 0.264. The summed E-state index contributed by atoms with van der Waals surface area (Å²) >= 11 is 0. The number of hydrogen-bond donors (Lipinski definition) is 0. The van der Waals surface area contributed by atoms with E-state index in [0.717, 1.165) is 22.4 Å². The van der Waals surface area contributed by atoms with E-state index < -0.39 is 5.92 Å². The highest BCUT2D eigenvalue weighted by atomic mass is 16.5. The monoisotopic (exact) mass is 284 g/mol. The van der Waals surface area contributed by atoms with Gasteiger partial charge >= 0.3 is 5.97 Å². The SMILES string of the molecule is COC(=O)C(COc1ccccc1C)c1ccc(C)cc1. The zero-order valence-electron chi connectivity index (χ0n) is 12.6. The summed E-state index contributed by atoms with van der Waals surface area (Å²) in [5.41, 5.74) is 3.10. The van der Waals surface area contributed by atoms with Crippen molar-refractivity contribution in [1.82, 2.24) is 0 Å². The van der Waals surface area contributed by atoms with Crippen molar-refractivity contribution < 1.29 is 14.3 Å². The number of rotatable bonds is 5. The zero-order valence-corrected chi connectivity index (χ0v) is 12.6. The van der Waals surface area contributed by atoms with Gasteiger partial charge in [-0.25, -0.2) is 0 Å². The molecular formula is C18H20O3. The van der Waals surface area contributed by atoms with Crippen LogP contribution in [0.5, 0.6) is 5.75 Å². The first-order valence-electron chi connectivity index (χ1n) is 6.94. The van der Waals surface area contributed by atoms with Crippen LogP contribution in [0, 0.1) is 13.8 Å². The van der Waals surface area contributed by atoms with Crippen molar-refractivity contribution in [2.24, 2.45) is 0 Å². The number of aryl methyl sites for hydroxylation is 2. The lowest BCUT2D eigenvalue weighted by molar-refractivity contribution is -0.143. The second-order valence-corrected chi connectivity index (χ2v) is 5.06. The number of methoxy groups -OCH3 is 1. The van der Waals surface area contributed by atoms with E-state index in [0.29, 0.717) is 0 Å². The molecule has 2 rings (SSSR count). The van der Waals surface area contributed by atoms with Crippen molar-refractivity contribution in [2.45, 2.75) is 19.8 Å². The maximum Gasteiger partial charge on any atom is 0.316 e. The molecule has 0 amide bonds. The number of ether oxygens (including phenoxy) is 2. The van der Waals surface area contributed by atoms with Crippen LogP contribution in [0.3, 0.4) is 0 Å². The first-order valence-corrected chi connectivity index (χ1v) is 6.94. The summed E-state index contributed by atoms with van der Waals surface area (Å²) in [4.78, 5) is 12.0. The van der Waals surface area contributed by atoms with Crippen LogP contribution < -0.4 is 4.74 Å². The first-order chi connectivity index (χ1) is 10.1. The summed E-state index contributed by atoms with van der Waals surface area (Å²) < 4.78 is 10.7. The van der Waals surface area contributed by atoms with Crippen molar-refractivity contribution in [3.8, 4) is 5.75 Å². The fourth-order valence-electron chi connectivity index (χ4n) is 2.13. The molecule has 0 aliphatic heterocycles. The molecule has 2 aromatic carbocycles. The molecule has 0 aliphatic carbocycles. The predicted octanol–water partition coefficient (Wildman–Crippen LogP) is 3.64. The Morgan fingerprint density at radius 2 is 1.71 bits per heavy atom. The summed E-state index contributed by atoms with van der Waals surface area (Å²) in [6, 6.07) is 15.6. The van der Waals surface area contributed by atoms with E-state index in [9.17, 15) is 4.79 Å². The van der Waals surface area contributed by atoms with Gasteiger partial charge in [0.1, 0.15) is 18.3 Å². The average molecular weight is 284 g/mol. The van der Waals surface area contributed by atoms with E-state index >= 15 is 0 Å². The summed E-state index contributed by atoms with van der Waals surface area (Å²) in [7, 11) is 1.40. The van der Waals surface area contributed by atoms with Crippen molar-refractivity contribution in [1.29, 1.82) is 0 Å². The van der Waals surface area contributed by atoms with E-state index in [-0.39, 0.29) is 12.6 Å². The zero-order chi connectivity index (χ0) is 15.2. The lowest BCUT2D eigenvalue weighted by atomic mass is 9.99. The minimum atomic E-state index is -0.421. The third-order valence-electron chi connectivity index (χ3n) is 3.46. The summed E-state index contributed by atoms with van der Waals surface area (Å²) in [6.45, 7) is 4.26. The normalized spacial score (nSPS) is 11.8. The van der Waals surface area contributed by atoms with Crippen LogP contribution in [-0.2, 0) is 9.53 Å². The molecule has 0 fully saturated rings. The molecule has 2 aromatic rings. The molecule has 0 saturated carbocycles. The molecule has 1 unspecified atom stereocenters. The third-order valence-corrected chi connectivity index (χ3v) is 3.46. The molecule has 3 nitrogen and oxygen atoms in total. The van der Waals surface area contributed by atoms with Gasteiger partial charge in [0, 0.05) is 0 Å². The number of para-hydroxylation sites is 1. The lowest BCUT2D eigenvalue weighted by Gasteiger charge is -2.17. The van der Waals surface area contributed by atoms with Crippen molar-refractivity contribution in [3.63, 3.8) is 0 Å². The van der Waals surface area contributed by atoms with E-state index in [2.05, 4.69) is 0 Å². The number of hydrogen-bond acceptors (Lipinski definition) is 3. The Balaban J connectivity index is 2.16. The second-order valence-electron chi connectivity index (χ2n) is 5.06. The van der Waals surface area contributed by atoms with Gasteiger partial charge in [0.25, 0.3) is 0 Å². The topological polar surface area (TPSA) is 35.5 Å². The molecule has 0 aliphatic rings. The van der Waals surface area contributed by atoms with Gasteiger partial charge in [-0.2, -0.15) is 0 Å². The molecule has 0 radical (unpaired) electrons. The summed E-state index contributed by atoms with van der Waals surface area (Å²) in [5.74, 6) is 0.0844. The maximum absolute atomic E-state index is 12.0. The highest BCUT2D eigenvalue weighted by molar-refractivity contribution is 5.78. The largest absolute Gasteiger partial charge is 0.492 e. The maximum atomic E-state index is 12.0. The van der Waals surface area contributed by atoms with Gasteiger partial charge in [-0.15, -0.1) is 0 Å². The Bertz CT molecular complexity index is 602. The molecule has 0 heterocycles. The molecule has 0 saturated heterocycles. The van der Waals surface area contributed by atoms with Crippen LogP contribution in [0.4, 0.5) is 0 Å².